The third kappa shape index (κ3) is 4.48. The van der Waals surface area contributed by atoms with Crippen molar-refractivity contribution >= 4 is 35.0 Å². The van der Waals surface area contributed by atoms with E-state index in [-0.39, 0.29) is 31.3 Å². The van der Waals surface area contributed by atoms with Gasteiger partial charge in [0, 0.05) is 38.1 Å². The van der Waals surface area contributed by atoms with Gasteiger partial charge in [0.15, 0.2) is 6.61 Å². The molecule has 0 bridgehead atoms. The van der Waals surface area contributed by atoms with Crippen LogP contribution < -0.4 is 4.74 Å². The molecule has 0 fully saturated rings. The van der Waals surface area contributed by atoms with Gasteiger partial charge in [-0.2, -0.15) is 5.10 Å². The van der Waals surface area contributed by atoms with E-state index >= 15 is 0 Å². The molecule has 0 N–H and O–H groups in total. The van der Waals surface area contributed by atoms with E-state index in [1.165, 1.54) is 6.92 Å². The molecule has 0 amide bonds. The Bertz CT molecular complexity index is 1240. The van der Waals surface area contributed by atoms with Crippen LogP contribution in [-0.4, -0.2) is 51.1 Å². The van der Waals surface area contributed by atoms with Crippen LogP contribution in [0.15, 0.2) is 22.8 Å². The fourth-order valence-corrected chi connectivity index (χ4v) is 5.31. The molecular formula is C21H26BrF2N5O4Si. The molecule has 3 aromatic rings. The zero-order valence-corrected chi connectivity index (χ0v) is 21.9. The van der Waals surface area contributed by atoms with E-state index in [1.807, 2.05) is 6.07 Å². The highest BCUT2D eigenvalue weighted by atomic mass is 79.9. The van der Waals surface area contributed by atoms with Gasteiger partial charge in [-0.3, -0.25) is 14.7 Å². The molecule has 1 aliphatic heterocycles. The summed E-state index contributed by atoms with van der Waals surface area (Å²) in [4.78, 5) is 15.5. The maximum atomic E-state index is 14.2. The number of hydrogen-bond acceptors (Lipinski definition) is 6. The summed E-state index contributed by atoms with van der Waals surface area (Å²) in [6.45, 7) is 8.33. The van der Waals surface area contributed by atoms with Crippen LogP contribution in [0.1, 0.15) is 19.0 Å². The minimum Gasteiger partial charge on any atom is -0.470 e. The Labute approximate surface area is 204 Å². The summed E-state index contributed by atoms with van der Waals surface area (Å²) in [7, 11) is -1.32. The third-order valence-electron chi connectivity index (χ3n) is 5.80. The summed E-state index contributed by atoms with van der Waals surface area (Å²) in [5, 5.41) is 16.3. The molecule has 9 nitrogen and oxygen atoms in total. The molecule has 0 aromatic carbocycles. The zero-order chi connectivity index (χ0) is 24.8. The second-order valence-corrected chi connectivity index (χ2v) is 16.3. The third-order valence-corrected chi connectivity index (χ3v) is 8.31. The SMILES string of the molecule is C[C@@]1([N+](=O)[O-])COc2c(-c3c(Br)c4cccnc4n3COCC[Si](C)(C)C)c(C(F)F)nn2C1. The maximum Gasteiger partial charge on any atom is 0.282 e. The van der Waals surface area contributed by atoms with Crippen LogP contribution in [0.3, 0.4) is 0 Å². The lowest BCUT2D eigenvalue weighted by molar-refractivity contribution is -0.572. The highest BCUT2D eigenvalue weighted by Crippen LogP contribution is 2.46. The molecule has 0 spiro atoms. The van der Waals surface area contributed by atoms with Crippen LogP contribution in [0.2, 0.25) is 25.7 Å². The minimum atomic E-state index is -2.92. The summed E-state index contributed by atoms with van der Waals surface area (Å²) in [5.74, 6) is 0.0708. The Morgan fingerprint density at radius 3 is 2.79 bits per heavy atom. The first-order valence-electron chi connectivity index (χ1n) is 10.8. The standard InChI is InChI=1S/C21H26BrF2N5O4Si/c1-21(29(30)31)10-28-20(33-11-21)14(16(26-28)18(23)24)17-15(22)13-6-5-7-25-19(13)27(17)12-32-8-9-34(2,3)4/h5-7,18H,8-12H2,1-4H3/t21-/m0/s1. The lowest BCUT2D eigenvalue weighted by Crippen LogP contribution is -2.48. The topological polar surface area (TPSA) is 97.2 Å². The largest absolute Gasteiger partial charge is 0.470 e. The number of aromatic nitrogens is 4. The molecule has 4 heterocycles. The summed E-state index contributed by atoms with van der Waals surface area (Å²) in [6.07, 6.45) is -1.30. The predicted molar refractivity (Wildman–Crippen MR) is 129 cm³/mol. The number of fused-ring (bicyclic) bond motifs is 2. The molecule has 0 saturated heterocycles. The Hall–Kier alpha value is -2.38. The molecule has 184 valence electrons. The molecule has 4 rings (SSSR count). The van der Waals surface area contributed by atoms with Crippen LogP contribution in [0.4, 0.5) is 8.78 Å². The fourth-order valence-electron chi connectivity index (χ4n) is 3.84. The van der Waals surface area contributed by atoms with E-state index < -0.39 is 30.7 Å². The van der Waals surface area contributed by atoms with Gasteiger partial charge in [-0.1, -0.05) is 19.6 Å². The average Bonchev–Trinajstić information content (AvgIpc) is 3.25. The van der Waals surface area contributed by atoms with Crippen LogP contribution >= 0.6 is 15.9 Å². The van der Waals surface area contributed by atoms with Crippen molar-refractivity contribution in [1.29, 1.82) is 0 Å². The zero-order valence-electron chi connectivity index (χ0n) is 19.3. The summed E-state index contributed by atoms with van der Waals surface area (Å²) >= 11 is 3.57. The Morgan fingerprint density at radius 1 is 1.41 bits per heavy atom. The second-order valence-electron chi connectivity index (χ2n) is 9.88. The molecule has 0 aliphatic carbocycles. The van der Waals surface area contributed by atoms with E-state index in [0.29, 0.717) is 22.4 Å². The molecule has 0 radical (unpaired) electrons. The van der Waals surface area contributed by atoms with Crippen molar-refractivity contribution in [3.63, 3.8) is 0 Å². The normalized spacial score (nSPS) is 18.4. The highest BCUT2D eigenvalue weighted by Gasteiger charge is 2.46. The van der Waals surface area contributed by atoms with Crippen molar-refractivity contribution in [2.24, 2.45) is 0 Å². The van der Waals surface area contributed by atoms with Gasteiger partial charge < -0.3 is 9.47 Å². The van der Waals surface area contributed by atoms with Crippen molar-refractivity contribution < 1.29 is 23.2 Å². The first-order chi connectivity index (χ1) is 15.9. The van der Waals surface area contributed by atoms with E-state index in [4.69, 9.17) is 9.47 Å². The van der Waals surface area contributed by atoms with Gasteiger partial charge in [0.2, 0.25) is 5.88 Å². The van der Waals surface area contributed by atoms with Gasteiger partial charge in [0.25, 0.3) is 12.0 Å². The maximum absolute atomic E-state index is 14.2. The smallest absolute Gasteiger partial charge is 0.282 e. The Kier molecular flexibility index (Phi) is 6.55. The van der Waals surface area contributed by atoms with Crippen molar-refractivity contribution in [2.75, 3.05) is 13.2 Å². The first-order valence-corrected chi connectivity index (χ1v) is 15.3. The van der Waals surface area contributed by atoms with Gasteiger partial charge in [-0.15, -0.1) is 0 Å². The number of hydrogen-bond donors (Lipinski definition) is 0. The van der Waals surface area contributed by atoms with Crippen LogP contribution in [0.25, 0.3) is 22.3 Å². The lowest BCUT2D eigenvalue weighted by Gasteiger charge is -2.27. The molecule has 1 aliphatic rings. The van der Waals surface area contributed by atoms with Crippen LogP contribution in [0, 0.1) is 10.1 Å². The van der Waals surface area contributed by atoms with Gasteiger partial charge in [0.05, 0.1) is 15.7 Å². The number of ether oxygens (including phenoxy) is 2. The average molecular weight is 558 g/mol. The predicted octanol–water partition coefficient (Wildman–Crippen LogP) is 5.34. The van der Waals surface area contributed by atoms with Crippen LogP contribution in [0.5, 0.6) is 5.88 Å². The Balaban J connectivity index is 1.85. The van der Waals surface area contributed by atoms with Crippen molar-refractivity contribution in [2.45, 2.75) is 57.8 Å². The monoisotopic (exact) mass is 557 g/mol. The van der Waals surface area contributed by atoms with Crippen molar-refractivity contribution in [3.05, 3.63) is 38.6 Å². The minimum absolute atomic E-state index is 0.0708. The molecular weight excluding hydrogens is 532 g/mol. The molecule has 0 saturated carbocycles. The number of halogens is 3. The molecule has 13 heteroatoms. The van der Waals surface area contributed by atoms with Crippen molar-refractivity contribution in [1.82, 2.24) is 19.3 Å². The van der Waals surface area contributed by atoms with Gasteiger partial charge >= 0.3 is 0 Å². The highest BCUT2D eigenvalue weighted by molar-refractivity contribution is 9.10. The van der Waals surface area contributed by atoms with E-state index in [2.05, 4.69) is 45.7 Å². The molecule has 1 atom stereocenters. The van der Waals surface area contributed by atoms with Gasteiger partial charge in [-0.05, 0) is 34.1 Å². The van der Waals surface area contributed by atoms with Gasteiger partial charge in [0.1, 0.15) is 24.6 Å². The Morgan fingerprint density at radius 2 is 2.15 bits per heavy atom. The number of nitrogens with zero attached hydrogens (tertiary/aromatic N) is 5. The van der Waals surface area contributed by atoms with Crippen LogP contribution in [-0.2, 0) is 18.0 Å². The quantitative estimate of drug-likeness (QED) is 0.160. The second kappa shape index (κ2) is 9.00. The molecule has 3 aromatic heterocycles. The fraction of sp³-hybridized carbons (Fsp3) is 0.524. The number of rotatable bonds is 8. The van der Waals surface area contributed by atoms with E-state index in [9.17, 15) is 18.9 Å². The van der Waals surface area contributed by atoms with E-state index in [1.54, 1.807) is 16.8 Å². The number of pyridine rings is 1. The number of nitro groups is 1. The summed E-state index contributed by atoms with van der Waals surface area (Å²) in [6, 6.07) is 4.54. The van der Waals surface area contributed by atoms with Gasteiger partial charge in [-0.25, -0.2) is 18.4 Å². The van der Waals surface area contributed by atoms with E-state index in [0.717, 1.165) is 16.1 Å². The molecule has 34 heavy (non-hydrogen) atoms. The van der Waals surface area contributed by atoms with Crippen molar-refractivity contribution in [3.8, 4) is 17.1 Å². The molecule has 0 unspecified atom stereocenters. The lowest BCUT2D eigenvalue weighted by atomic mass is 10.0. The summed E-state index contributed by atoms with van der Waals surface area (Å²) < 4.78 is 43.5. The summed E-state index contributed by atoms with van der Waals surface area (Å²) in [5.41, 5.74) is -0.943. The number of alkyl halides is 2. The first kappa shape index (κ1) is 24.7.